The lowest BCUT2D eigenvalue weighted by Gasteiger charge is -2.26. The molecule has 3 rings (SSSR count). The molecule has 0 aliphatic carbocycles. The number of aliphatic hydroxyl groups excluding tert-OH is 1. The number of carbonyl (C=O) groups excluding carboxylic acids is 2. The van der Waals surface area contributed by atoms with Gasteiger partial charge in [0.1, 0.15) is 11.5 Å². The zero-order chi connectivity index (χ0) is 24.1. The van der Waals surface area contributed by atoms with E-state index in [-0.39, 0.29) is 11.3 Å². The van der Waals surface area contributed by atoms with Gasteiger partial charge in [0.2, 0.25) is 0 Å². The van der Waals surface area contributed by atoms with Gasteiger partial charge >= 0.3 is 0 Å². The van der Waals surface area contributed by atoms with Crippen LogP contribution in [-0.2, 0) is 9.59 Å². The first kappa shape index (κ1) is 25.0. The number of ether oxygens (including phenoxy) is 1. The number of halogens is 1. The zero-order valence-electron chi connectivity index (χ0n) is 19.6. The summed E-state index contributed by atoms with van der Waals surface area (Å²) in [5.41, 5.74) is 2.25. The third-order valence-corrected chi connectivity index (χ3v) is 6.17. The molecule has 0 radical (unpaired) electrons. The minimum absolute atomic E-state index is 0.119. The molecule has 2 aromatic carbocycles. The summed E-state index contributed by atoms with van der Waals surface area (Å²) in [4.78, 5) is 29.7. The molecule has 0 aromatic heterocycles. The Morgan fingerprint density at radius 1 is 1.15 bits per heavy atom. The molecule has 0 bridgehead atoms. The van der Waals surface area contributed by atoms with Crippen LogP contribution in [0.1, 0.15) is 42.5 Å². The molecule has 2 aromatic rings. The molecule has 0 saturated carbocycles. The molecule has 0 spiro atoms. The fourth-order valence-corrected chi connectivity index (χ4v) is 4.25. The van der Waals surface area contributed by atoms with Crippen LogP contribution in [0.25, 0.3) is 5.76 Å². The number of hydrogen-bond acceptors (Lipinski definition) is 5. The molecule has 7 heteroatoms. The van der Waals surface area contributed by atoms with Crippen molar-refractivity contribution >= 4 is 33.4 Å². The Hall–Kier alpha value is -2.64. The van der Waals surface area contributed by atoms with Crippen LogP contribution in [0.3, 0.4) is 0 Å². The quantitative estimate of drug-likeness (QED) is 0.292. The molecule has 33 heavy (non-hydrogen) atoms. The Balaban J connectivity index is 2.05. The van der Waals surface area contributed by atoms with Crippen LogP contribution in [0.4, 0.5) is 0 Å². The Bertz CT molecular complexity index is 1050. The van der Waals surface area contributed by atoms with Crippen LogP contribution >= 0.6 is 15.9 Å². The number of hydrogen-bond donors (Lipinski definition) is 1. The third-order valence-electron chi connectivity index (χ3n) is 5.64. The van der Waals surface area contributed by atoms with Crippen LogP contribution in [0.5, 0.6) is 5.75 Å². The standard InChI is InChI=1S/C26H31BrN2O4/c1-5-15-33-21-12-9-19(16-17(21)2)24(30)22-23(18-7-10-20(27)11-8-18)29(26(32)25(22)31)14-6-13-28(3)4/h7-12,16,23,30H,5-6,13-15H2,1-4H3. The molecule has 1 aliphatic rings. The number of Topliss-reactive ketones (excluding diaryl/α,β-unsaturated/α-hetero) is 1. The Morgan fingerprint density at radius 2 is 1.85 bits per heavy atom. The Kier molecular flexibility index (Phi) is 8.32. The highest BCUT2D eigenvalue weighted by atomic mass is 79.9. The van der Waals surface area contributed by atoms with Crippen LogP contribution in [0, 0.1) is 6.92 Å². The summed E-state index contributed by atoms with van der Waals surface area (Å²) >= 11 is 3.44. The van der Waals surface area contributed by atoms with E-state index in [1.807, 2.05) is 57.1 Å². The lowest BCUT2D eigenvalue weighted by Crippen LogP contribution is -2.32. The highest BCUT2D eigenvalue weighted by molar-refractivity contribution is 9.10. The molecule has 1 amide bonds. The number of amides is 1. The molecule has 1 unspecified atom stereocenters. The first-order valence-corrected chi connectivity index (χ1v) is 12.0. The smallest absolute Gasteiger partial charge is 0.295 e. The maximum absolute atomic E-state index is 13.1. The third kappa shape index (κ3) is 5.65. The minimum atomic E-state index is -0.658. The van der Waals surface area contributed by atoms with Crippen molar-refractivity contribution in [2.24, 2.45) is 0 Å². The summed E-state index contributed by atoms with van der Waals surface area (Å²) in [6, 6.07) is 12.2. The number of benzene rings is 2. The molecule has 1 fully saturated rings. The minimum Gasteiger partial charge on any atom is -0.507 e. The lowest BCUT2D eigenvalue weighted by atomic mass is 9.94. The lowest BCUT2D eigenvalue weighted by molar-refractivity contribution is -0.139. The highest BCUT2D eigenvalue weighted by Gasteiger charge is 2.45. The van der Waals surface area contributed by atoms with Crippen molar-refractivity contribution in [3.8, 4) is 5.75 Å². The molecule has 1 heterocycles. The van der Waals surface area contributed by atoms with E-state index >= 15 is 0 Å². The van der Waals surface area contributed by atoms with Gasteiger partial charge in [-0.15, -0.1) is 0 Å². The molecule has 176 valence electrons. The number of ketones is 1. The Labute approximate surface area is 204 Å². The largest absolute Gasteiger partial charge is 0.507 e. The SMILES string of the molecule is CCCOc1ccc(C(O)=C2C(=O)C(=O)N(CCCN(C)C)C2c2ccc(Br)cc2)cc1C. The second-order valence-corrected chi connectivity index (χ2v) is 9.45. The molecule has 1 atom stereocenters. The number of nitrogens with zero attached hydrogens (tertiary/aromatic N) is 2. The molecule has 6 nitrogen and oxygen atoms in total. The van der Waals surface area contributed by atoms with E-state index in [0.717, 1.165) is 40.7 Å². The first-order chi connectivity index (χ1) is 15.7. The van der Waals surface area contributed by atoms with Crippen LogP contribution in [0.15, 0.2) is 52.5 Å². The van der Waals surface area contributed by atoms with E-state index < -0.39 is 17.7 Å². The van der Waals surface area contributed by atoms with E-state index in [0.29, 0.717) is 18.7 Å². The van der Waals surface area contributed by atoms with Gasteiger partial charge in [-0.3, -0.25) is 9.59 Å². The molecule has 1 N–H and O–H groups in total. The van der Waals surface area contributed by atoms with Crippen molar-refractivity contribution in [2.45, 2.75) is 32.7 Å². The van der Waals surface area contributed by atoms with Gasteiger partial charge < -0.3 is 19.6 Å². The fourth-order valence-electron chi connectivity index (χ4n) is 3.99. The molecular weight excluding hydrogens is 484 g/mol. The van der Waals surface area contributed by atoms with Gasteiger partial charge in [0.25, 0.3) is 11.7 Å². The predicted octanol–water partition coefficient (Wildman–Crippen LogP) is 4.92. The fraction of sp³-hybridized carbons (Fsp3) is 0.385. The maximum Gasteiger partial charge on any atom is 0.295 e. The summed E-state index contributed by atoms with van der Waals surface area (Å²) < 4.78 is 6.63. The summed E-state index contributed by atoms with van der Waals surface area (Å²) in [7, 11) is 3.94. The van der Waals surface area contributed by atoms with Crippen molar-refractivity contribution in [1.29, 1.82) is 0 Å². The van der Waals surface area contributed by atoms with Crippen molar-refractivity contribution in [2.75, 3.05) is 33.8 Å². The van der Waals surface area contributed by atoms with E-state index in [1.165, 1.54) is 0 Å². The van der Waals surface area contributed by atoms with Gasteiger partial charge in [-0.1, -0.05) is 35.0 Å². The van der Waals surface area contributed by atoms with Gasteiger partial charge in [0.15, 0.2) is 0 Å². The topological polar surface area (TPSA) is 70.1 Å². The van der Waals surface area contributed by atoms with Crippen LogP contribution < -0.4 is 4.74 Å². The van der Waals surface area contributed by atoms with Crippen molar-refractivity contribution in [3.05, 3.63) is 69.2 Å². The van der Waals surface area contributed by atoms with Crippen LogP contribution in [-0.4, -0.2) is 60.4 Å². The molecular formula is C26H31BrN2O4. The van der Waals surface area contributed by atoms with Crippen LogP contribution in [0.2, 0.25) is 0 Å². The monoisotopic (exact) mass is 514 g/mol. The van der Waals surface area contributed by atoms with Gasteiger partial charge in [-0.05, 0) is 81.9 Å². The van der Waals surface area contributed by atoms with Crippen molar-refractivity contribution in [3.63, 3.8) is 0 Å². The first-order valence-electron chi connectivity index (χ1n) is 11.2. The average molecular weight is 515 g/mol. The zero-order valence-corrected chi connectivity index (χ0v) is 21.2. The maximum atomic E-state index is 13.1. The molecule has 1 aliphatic heterocycles. The highest BCUT2D eigenvalue weighted by Crippen LogP contribution is 2.40. The van der Waals surface area contributed by atoms with Gasteiger partial charge in [-0.2, -0.15) is 0 Å². The van der Waals surface area contributed by atoms with Crippen molar-refractivity contribution in [1.82, 2.24) is 9.80 Å². The number of carbonyl (C=O) groups is 2. The van der Waals surface area contributed by atoms with Gasteiger partial charge in [0, 0.05) is 16.6 Å². The average Bonchev–Trinajstić information content (AvgIpc) is 3.03. The van der Waals surface area contributed by atoms with E-state index in [2.05, 4.69) is 15.9 Å². The van der Waals surface area contributed by atoms with E-state index in [4.69, 9.17) is 4.74 Å². The van der Waals surface area contributed by atoms with E-state index in [1.54, 1.807) is 23.1 Å². The van der Waals surface area contributed by atoms with E-state index in [9.17, 15) is 14.7 Å². The normalized spacial score (nSPS) is 17.8. The van der Waals surface area contributed by atoms with Gasteiger partial charge in [0.05, 0.1) is 18.2 Å². The predicted molar refractivity (Wildman–Crippen MR) is 133 cm³/mol. The number of likely N-dealkylation sites (tertiary alicyclic amines) is 1. The number of aryl methyl sites for hydroxylation is 1. The van der Waals surface area contributed by atoms with Crippen molar-refractivity contribution < 1.29 is 19.4 Å². The second-order valence-electron chi connectivity index (χ2n) is 8.53. The van der Waals surface area contributed by atoms with Gasteiger partial charge in [-0.25, -0.2) is 0 Å². The Morgan fingerprint density at radius 3 is 2.45 bits per heavy atom. The molecule has 1 saturated heterocycles. The summed E-state index contributed by atoms with van der Waals surface area (Å²) in [6.45, 7) is 5.74. The number of rotatable bonds is 9. The summed E-state index contributed by atoms with van der Waals surface area (Å²) in [6.07, 6.45) is 1.61. The number of aliphatic hydroxyl groups is 1. The summed E-state index contributed by atoms with van der Waals surface area (Å²) in [5.74, 6) is -0.666. The second kappa shape index (κ2) is 11.0. The summed E-state index contributed by atoms with van der Waals surface area (Å²) in [5, 5.41) is 11.2.